The maximum Gasteiger partial charge on any atom is 0.309 e. The molecule has 1 heterocycles. The molecule has 0 aliphatic heterocycles. The van der Waals surface area contributed by atoms with Crippen LogP contribution in [-0.4, -0.2) is 16.8 Å². The molecule has 0 fully saturated rings. The zero-order valence-electron chi connectivity index (χ0n) is 14.4. The van der Waals surface area contributed by atoms with Crippen molar-refractivity contribution in [2.75, 3.05) is 0 Å². The van der Waals surface area contributed by atoms with Gasteiger partial charge in [-0.3, -0.25) is 14.6 Å². The quantitative estimate of drug-likeness (QED) is 0.842. The summed E-state index contributed by atoms with van der Waals surface area (Å²) in [6, 6.07) is 9.75. The van der Waals surface area contributed by atoms with E-state index in [1.165, 1.54) is 24.0 Å². The molecule has 1 aromatic heterocycles. The van der Waals surface area contributed by atoms with E-state index in [1.54, 1.807) is 24.5 Å². The Kier molecular flexibility index (Phi) is 5.43. The van der Waals surface area contributed by atoms with Crippen molar-refractivity contribution in [2.24, 2.45) is 0 Å². The molecule has 1 unspecified atom stereocenters. The van der Waals surface area contributed by atoms with Crippen molar-refractivity contribution < 1.29 is 9.59 Å². The maximum atomic E-state index is 12.1. The number of carbonyl (C=O) groups excluding carboxylic acids is 2. The number of aromatic nitrogens is 1. The molecule has 0 saturated carbocycles. The predicted octanol–water partition coefficient (Wildman–Crippen LogP) is 2.45. The number of nitrogens with zero attached hydrogens (tertiary/aromatic N) is 1. The van der Waals surface area contributed by atoms with E-state index >= 15 is 0 Å². The van der Waals surface area contributed by atoms with Gasteiger partial charge < -0.3 is 10.6 Å². The van der Waals surface area contributed by atoms with Crippen LogP contribution in [0.5, 0.6) is 0 Å². The van der Waals surface area contributed by atoms with Crippen LogP contribution in [0.3, 0.4) is 0 Å². The van der Waals surface area contributed by atoms with Crippen LogP contribution in [0.4, 0.5) is 0 Å². The molecule has 0 saturated heterocycles. The van der Waals surface area contributed by atoms with Gasteiger partial charge in [0.25, 0.3) is 0 Å². The van der Waals surface area contributed by atoms with Crippen molar-refractivity contribution >= 4 is 11.8 Å². The minimum Gasteiger partial charge on any atom is -0.344 e. The lowest BCUT2D eigenvalue weighted by Gasteiger charge is -2.20. The fourth-order valence-corrected chi connectivity index (χ4v) is 3.13. The third-order valence-corrected chi connectivity index (χ3v) is 4.63. The lowest BCUT2D eigenvalue weighted by molar-refractivity contribution is -0.139. The smallest absolute Gasteiger partial charge is 0.309 e. The molecule has 2 aromatic rings. The highest BCUT2D eigenvalue weighted by atomic mass is 16.2. The minimum absolute atomic E-state index is 0.202. The topological polar surface area (TPSA) is 71.1 Å². The van der Waals surface area contributed by atoms with Crippen LogP contribution in [-0.2, 0) is 29.0 Å². The Morgan fingerprint density at radius 2 is 1.76 bits per heavy atom. The van der Waals surface area contributed by atoms with Gasteiger partial charge in [0.15, 0.2) is 0 Å². The number of fused-ring (bicyclic) bond motifs is 1. The van der Waals surface area contributed by atoms with Crippen molar-refractivity contribution in [3.8, 4) is 0 Å². The fourth-order valence-electron chi connectivity index (χ4n) is 3.13. The first-order chi connectivity index (χ1) is 12.1. The molecule has 0 spiro atoms. The molecule has 2 amide bonds. The van der Waals surface area contributed by atoms with Gasteiger partial charge >= 0.3 is 11.8 Å². The molecular weight excluding hydrogens is 314 g/mol. The summed E-state index contributed by atoms with van der Waals surface area (Å²) in [5.41, 5.74) is 4.71. The number of nitrogens with one attached hydrogen (secondary N) is 2. The second-order valence-corrected chi connectivity index (χ2v) is 6.47. The lowest BCUT2D eigenvalue weighted by Crippen LogP contribution is -2.40. The number of hydrogen-bond donors (Lipinski definition) is 2. The van der Waals surface area contributed by atoms with E-state index in [0.29, 0.717) is 6.54 Å². The molecule has 5 heteroatoms. The third kappa shape index (κ3) is 4.44. The third-order valence-electron chi connectivity index (χ3n) is 4.63. The molecule has 130 valence electrons. The summed E-state index contributed by atoms with van der Waals surface area (Å²) in [5, 5.41) is 5.40. The molecule has 1 atom stereocenters. The van der Waals surface area contributed by atoms with E-state index in [1.807, 2.05) is 13.0 Å². The van der Waals surface area contributed by atoms with Crippen LogP contribution in [0.15, 0.2) is 42.7 Å². The number of hydrogen-bond acceptors (Lipinski definition) is 3. The Bertz CT molecular complexity index is 759. The molecule has 0 bridgehead atoms. The van der Waals surface area contributed by atoms with Crippen LogP contribution in [0.1, 0.15) is 48.1 Å². The highest BCUT2D eigenvalue weighted by Gasteiger charge is 2.18. The van der Waals surface area contributed by atoms with Gasteiger partial charge in [-0.15, -0.1) is 0 Å². The van der Waals surface area contributed by atoms with Crippen molar-refractivity contribution in [3.05, 3.63) is 65.0 Å². The number of rotatable bonds is 4. The summed E-state index contributed by atoms with van der Waals surface area (Å²) in [6.07, 6.45) is 7.99. The minimum atomic E-state index is -0.623. The zero-order valence-corrected chi connectivity index (χ0v) is 14.4. The summed E-state index contributed by atoms with van der Waals surface area (Å²) in [7, 11) is 0. The number of amides is 2. The summed E-state index contributed by atoms with van der Waals surface area (Å²) >= 11 is 0. The standard InChI is InChI=1S/C20H23N3O2/c1-14(17-7-6-16-4-2-3-5-18(16)12-17)23-20(25)19(24)22-13-15-8-10-21-11-9-15/h6-12,14H,2-5,13H2,1H3,(H,22,24)(H,23,25). The molecule has 1 aromatic carbocycles. The normalized spacial score (nSPS) is 14.3. The van der Waals surface area contributed by atoms with Crippen LogP contribution < -0.4 is 10.6 Å². The first-order valence-electron chi connectivity index (χ1n) is 8.73. The average molecular weight is 337 g/mol. The van der Waals surface area contributed by atoms with Gasteiger partial charge in [-0.05, 0) is 67.0 Å². The highest BCUT2D eigenvalue weighted by Crippen LogP contribution is 2.24. The van der Waals surface area contributed by atoms with Gasteiger partial charge in [-0.25, -0.2) is 0 Å². The number of pyridine rings is 1. The number of aryl methyl sites for hydroxylation is 2. The van der Waals surface area contributed by atoms with Gasteiger partial charge in [0.2, 0.25) is 0 Å². The first kappa shape index (κ1) is 17.1. The predicted molar refractivity (Wildman–Crippen MR) is 95.7 cm³/mol. The van der Waals surface area contributed by atoms with E-state index < -0.39 is 11.8 Å². The van der Waals surface area contributed by atoms with Crippen molar-refractivity contribution in [1.29, 1.82) is 0 Å². The Morgan fingerprint density at radius 1 is 1.04 bits per heavy atom. The van der Waals surface area contributed by atoms with Crippen molar-refractivity contribution in [2.45, 2.75) is 45.2 Å². The molecule has 5 nitrogen and oxygen atoms in total. The van der Waals surface area contributed by atoms with Crippen LogP contribution >= 0.6 is 0 Å². The molecule has 1 aliphatic carbocycles. The largest absolute Gasteiger partial charge is 0.344 e. The molecule has 3 rings (SSSR count). The highest BCUT2D eigenvalue weighted by molar-refractivity contribution is 6.35. The van der Waals surface area contributed by atoms with Gasteiger partial charge in [0, 0.05) is 18.9 Å². The summed E-state index contributed by atoms with van der Waals surface area (Å²) < 4.78 is 0. The van der Waals surface area contributed by atoms with Gasteiger partial charge in [0.05, 0.1) is 6.04 Å². The van der Waals surface area contributed by atoms with Crippen molar-refractivity contribution in [1.82, 2.24) is 15.6 Å². The van der Waals surface area contributed by atoms with E-state index in [4.69, 9.17) is 0 Å². The SMILES string of the molecule is CC(NC(=O)C(=O)NCc1ccncc1)c1ccc2c(c1)CCCC2. The van der Waals surface area contributed by atoms with Gasteiger partial charge in [0.1, 0.15) is 0 Å². The Labute approximate surface area is 147 Å². The van der Waals surface area contributed by atoms with E-state index in [-0.39, 0.29) is 6.04 Å². The molecule has 0 radical (unpaired) electrons. The van der Waals surface area contributed by atoms with E-state index in [2.05, 4.69) is 27.8 Å². The van der Waals surface area contributed by atoms with Gasteiger partial charge in [-0.1, -0.05) is 18.2 Å². The van der Waals surface area contributed by atoms with Crippen LogP contribution in [0, 0.1) is 0 Å². The Hall–Kier alpha value is -2.69. The van der Waals surface area contributed by atoms with E-state index in [9.17, 15) is 9.59 Å². The Morgan fingerprint density at radius 3 is 2.52 bits per heavy atom. The van der Waals surface area contributed by atoms with Gasteiger partial charge in [-0.2, -0.15) is 0 Å². The monoisotopic (exact) mass is 337 g/mol. The number of benzene rings is 1. The second-order valence-electron chi connectivity index (χ2n) is 6.47. The fraction of sp³-hybridized carbons (Fsp3) is 0.350. The van der Waals surface area contributed by atoms with Crippen LogP contribution in [0.2, 0.25) is 0 Å². The molecule has 25 heavy (non-hydrogen) atoms. The maximum absolute atomic E-state index is 12.1. The van der Waals surface area contributed by atoms with Crippen LogP contribution in [0.25, 0.3) is 0 Å². The van der Waals surface area contributed by atoms with Crippen molar-refractivity contribution in [3.63, 3.8) is 0 Å². The van der Waals surface area contributed by atoms with E-state index in [0.717, 1.165) is 24.0 Å². The molecular formula is C20H23N3O2. The average Bonchev–Trinajstić information content (AvgIpc) is 2.66. The second kappa shape index (κ2) is 7.92. The molecule has 1 aliphatic rings. The molecule has 2 N–H and O–H groups in total. The first-order valence-corrected chi connectivity index (χ1v) is 8.73. The number of carbonyl (C=O) groups is 2. The zero-order chi connectivity index (χ0) is 17.6. The Balaban J connectivity index is 1.55. The summed E-state index contributed by atoms with van der Waals surface area (Å²) in [5.74, 6) is -1.24. The summed E-state index contributed by atoms with van der Waals surface area (Å²) in [4.78, 5) is 28.0. The lowest BCUT2D eigenvalue weighted by atomic mass is 9.89. The summed E-state index contributed by atoms with van der Waals surface area (Å²) in [6.45, 7) is 2.21.